The second-order valence-electron chi connectivity index (χ2n) is 4.88. The number of hydrogen-bond donors (Lipinski definition) is 1. The number of hydrogen-bond acceptors (Lipinski definition) is 2. The fourth-order valence-corrected chi connectivity index (χ4v) is 2.64. The predicted molar refractivity (Wildman–Crippen MR) is 100 cm³/mol. The van der Waals surface area contributed by atoms with E-state index in [1.54, 1.807) is 6.07 Å². The number of carbonyl (C=O) groups excluding carboxylic acids is 1. The lowest BCUT2D eigenvalue weighted by Crippen LogP contribution is -2.12. The van der Waals surface area contributed by atoms with Crippen molar-refractivity contribution in [1.29, 1.82) is 0 Å². The van der Waals surface area contributed by atoms with Crippen molar-refractivity contribution < 1.29 is 9.53 Å². The van der Waals surface area contributed by atoms with Crippen LogP contribution in [0.2, 0.25) is 0 Å². The summed E-state index contributed by atoms with van der Waals surface area (Å²) in [5.74, 6) is 1.17. The molecule has 0 saturated heterocycles. The number of amides is 1. The summed E-state index contributed by atoms with van der Waals surface area (Å²) >= 11 is 2.19. The van der Waals surface area contributed by atoms with Gasteiger partial charge in [-0.3, -0.25) is 4.79 Å². The van der Waals surface area contributed by atoms with E-state index >= 15 is 0 Å². The first-order chi connectivity index (χ1) is 11.2. The molecule has 3 nitrogen and oxygen atoms in total. The molecule has 3 rings (SSSR count). The highest BCUT2D eigenvalue weighted by atomic mass is 127. The molecule has 3 aromatic carbocycles. The molecule has 0 bridgehead atoms. The molecule has 4 heteroatoms. The molecule has 1 amide bonds. The lowest BCUT2D eigenvalue weighted by Gasteiger charge is -2.12. The predicted octanol–water partition coefficient (Wildman–Crippen LogP) is 5.34. The van der Waals surface area contributed by atoms with Gasteiger partial charge in [-0.15, -0.1) is 0 Å². The Balaban J connectivity index is 1.82. The van der Waals surface area contributed by atoms with Gasteiger partial charge in [0.15, 0.2) is 5.75 Å². The largest absolute Gasteiger partial charge is 0.455 e. The number of halogens is 1. The minimum atomic E-state index is -0.160. The van der Waals surface area contributed by atoms with Crippen molar-refractivity contribution in [2.45, 2.75) is 0 Å². The van der Waals surface area contributed by atoms with Gasteiger partial charge in [-0.05, 0) is 65.1 Å². The van der Waals surface area contributed by atoms with Crippen LogP contribution in [-0.4, -0.2) is 5.91 Å². The first kappa shape index (κ1) is 15.6. The Morgan fingerprint density at radius 1 is 0.870 bits per heavy atom. The van der Waals surface area contributed by atoms with Gasteiger partial charge in [0, 0.05) is 9.13 Å². The first-order valence-electron chi connectivity index (χ1n) is 7.11. The lowest BCUT2D eigenvalue weighted by molar-refractivity contribution is 0.102. The molecule has 0 aliphatic carbocycles. The van der Waals surface area contributed by atoms with Crippen LogP contribution in [0.4, 0.5) is 5.69 Å². The molecule has 0 fully saturated rings. The maximum absolute atomic E-state index is 12.4. The van der Waals surface area contributed by atoms with Crippen LogP contribution in [0.5, 0.6) is 11.5 Å². The zero-order valence-corrected chi connectivity index (χ0v) is 14.4. The van der Waals surface area contributed by atoms with Crippen molar-refractivity contribution in [3.63, 3.8) is 0 Å². The molecule has 0 aromatic heterocycles. The van der Waals surface area contributed by atoms with Crippen LogP contribution < -0.4 is 10.1 Å². The van der Waals surface area contributed by atoms with Gasteiger partial charge < -0.3 is 10.1 Å². The average Bonchev–Trinajstić information content (AvgIpc) is 2.57. The van der Waals surface area contributed by atoms with E-state index in [2.05, 4.69) is 27.9 Å². The third-order valence-corrected chi connectivity index (χ3v) is 3.86. The maximum atomic E-state index is 12.4. The van der Waals surface area contributed by atoms with Crippen molar-refractivity contribution in [2.75, 3.05) is 5.32 Å². The van der Waals surface area contributed by atoms with Gasteiger partial charge >= 0.3 is 0 Å². The Kier molecular flexibility index (Phi) is 4.92. The van der Waals surface area contributed by atoms with Crippen molar-refractivity contribution in [2.24, 2.45) is 0 Å². The lowest BCUT2D eigenvalue weighted by atomic mass is 10.2. The minimum absolute atomic E-state index is 0.160. The van der Waals surface area contributed by atoms with Crippen molar-refractivity contribution in [1.82, 2.24) is 0 Å². The molecule has 0 aliphatic heterocycles. The van der Waals surface area contributed by atoms with E-state index in [0.717, 1.165) is 9.32 Å². The van der Waals surface area contributed by atoms with Gasteiger partial charge in [-0.1, -0.05) is 36.4 Å². The molecule has 0 radical (unpaired) electrons. The third-order valence-electron chi connectivity index (χ3n) is 3.19. The molecule has 0 heterocycles. The van der Waals surface area contributed by atoms with Gasteiger partial charge in [-0.25, -0.2) is 0 Å². The van der Waals surface area contributed by atoms with Crippen molar-refractivity contribution in [3.05, 3.63) is 88.0 Å². The number of benzene rings is 3. The Labute approximate surface area is 148 Å². The standard InChI is InChI=1S/C19H14INO2/c20-15-8-6-7-14(13-15)19(22)21-17-11-4-5-12-18(17)23-16-9-2-1-3-10-16/h1-13H,(H,21,22). The SMILES string of the molecule is O=C(Nc1ccccc1Oc1ccccc1)c1cccc(I)c1. The van der Waals surface area contributed by atoms with E-state index in [1.165, 1.54) is 0 Å². The van der Waals surface area contributed by atoms with Crippen molar-refractivity contribution in [3.8, 4) is 11.5 Å². The van der Waals surface area contributed by atoms with E-state index in [9.17, 15) is 4.79 Å². The first-order valence-corrected chi connectivity index (χ1v) is 8.19. The summed E-state index contributed by atoms with van der Waals surface area (Å²) in [6, 6.07) is 24.3. The molecule has 3 aromatic rings. The van der Waals surface area contributed by atoms with Crippen LogP contribution in [0.1, 0.15) is 10.4 Å². The molecule has 23 heavy (non-hydrogen) atoms. The normalized spacial score (nSPS) is 10.1. The molecule has 0 saturated carbocycles. The van der Waals surface area contributed by atoms with Crippen LogP contribution in [0.15, 0.2) is 78.9 Å². The average molecular weight is 415 g/mol. The minimum Gasteiger partial charge on any atom is -0.455 e. The molecular weight excluding hydrogens is 401 g/mol. The van der Waals surface area contributed by atoms with Gasteiger partial charge in [-0.2, -0.15) is 0 Å². The number of nitrogens with one attached hydrogen (secondary N) is 1. The number of rotatable bonds is 4. The summed E-state index contributed by atoms with van der Waals surface area (Å²) in [5, 5.41) is 2.91. The highest BCUT2D eigenvalue weighted by Gasteiger charge is 2.10. The number of carbonyl (C=O) groups is 1. The smallest absolute Gasteiger partial charge is 0.255 e. The molecular formula is C19H14INO2. The Morgan fingerprint density at radius 2 is 1.61 bits per heavy atom. The number of anilines is 1. The molecule has 0 unspecified atom stereocenters. The summed E-state index contributed by atoms with van der Waals surface area (Å²) in [4.78, 5) is 12.4. The molecule has 0 spiro atoms. The number of para-hydroxylation sites is 3. The van der Waals surface area contributed by atoms with E-state index in [-0.39, 0.29) is 5.91 Å². The van der Waals surface area contributed by atoms with Gasteiger partial charge in [0.1, 0.15) is 5.75 Å². The molecule has 114 valence electrons. The topological polar surface area (TPSA) is 38.3 Å². The highest BCUT2D eigenvalue weighted by molar-refractivity contribution is 14.1. The molecule has 1 N–H and O–H groups in total. The number of ether oxygens (including phenoxy) is 1. The highest BCUT2D eigenvalue weighted by Crippen LogP contribution is 2.29. The van der Waals surface area contributed by atoms with Crippen LogP contribution in [0, 0.1) is 3.57 Å². The molecule has 0 aliphatic rings. The van der Waals surface area contributed by atoms with E-state index in [1.807, 2.05) is 72.8 Å². The Morgan fingerprint density at radius 3 is 2.39 bits per heavy atom. The van der Waals surface area contributed by atoms with Crippen molar-refractivity contribution >= 4 is 34.2 Å². The second kappa shape index (κ2) is 7.28. The van der Waals surface area contributed by atoms with E-state index in [4.69, 9.17) is 4.74 Å². The van der Waals surface area contributed by atoms with Gasteiger partial charge in [0.05, 0.1) is 5.69 Å². The molecule has 0 atom stereocenters. The van der Waals surface area contributed by atoms with Gasteiger partial charge in [0.25, 0.3) is 5.91 Å². The van der Waals surface area contributed by atoms with E-state index < -0.39 is 0 Å². The summed E-state index contributed by atoms with van der Waals surface area (Å²) in [6.07, 6.45) is 0. The van der Waals surface area contributed by atoms with Crippen LogP contribution in [0.3, 0.4) is 0 Å². The zero-order valence-electron chi connectivity index (χ0n) is 12.2. The summed E-state index contributed by atoms with van der Waals surface area (Å²) in [7, 11) is 0. The summed E-state index contributed by atoms with van der Waals surface area (Å²) in [5.41, 5.74) is 1.26. The fraction of sp³-hybridized carbons (Fsp3) is 0. The fourth-order valence-electron chi connectivity index (χ4n) is 2.10. The van der Waals surface area contributed by atoms with Gasteiger partial charge in [0.2, 0.25) is 0 Å². The van der Waals surface area contributed by atoms with Crippen LogP contribution >= 0.6 is 22.6 Å². The summed E-state index contributed by atoms with van der Waals surface area (Å²) in [6.45, 7) is 0. The quantitative estimate of drug-likeness (QED) is 0.585. The monoisotopic (exact) mass is 415 g/mol. The maximum Gasteiger partial charge on any atom is 0.255 e. The van der Waals surface area contributed by atoms with Crippen LogP contribution in [0.25, 0.3) is 0 Å². The Hall–Kier alpha value is -2.34. The third kappa shape index (κ3) is 4.10. The zero-order chi connectivity index (χ0) is 16.1. The van der Waals surface area contributed by atoms with E-state index in [0.29, 0.717) is 17.0 Å². The second-order valence-corrected chi connectivity index (χ2v) is 6.12. The summed E-state index contributed by atoms with van der Waals surface area (Å²) < 4.78 is 6.87. The Bertz CT molecular complexity index is 818. The van der Waals surface area contributed by atoms with Crippen LogP contribution in [-0.2, 0) is 0 Å².